The molecule has 20 heavy (non-hydrogen) atoms. The van der Waals surface area contributed by atoms with Gasteiger partial charge in [-0.2, -0.15) is 0 Å². The summed E-state index contributed by atoms with van der Waals surface area (Å²) in [6.45, 7) is 0.283. The van der Waals surface area contributed by atoms with Gasteiger partial charge in [0.05, 0.1) is 7.11 Å². The maximum Gasteiger partial charge on any atom is 0.262 e. The molecular weight excluding hydrogens is 259 g/mol. The van der Waals surface area contributed by atoms with Crippen molar-refractivity contribution in [3.63, 3.8) is 0 Å². The summed E-state index contributed by atoms with van der Waals surface area (Å²) in [6.07, 6.45) is 0. The number of benzene rings is 2. The largest absolute Gasteiger partial charge is 0.496 e. The fourth-order valence-electron chi connectivity index (χ4n) is 1.90. The predicted molar refractivity (Wildman–Crippen MR) is 75.2 cm³/mol. The van der Waals surface area contributed by atoms with Gasteiger partial charge in [0.25, 0.3) is 5.91 Å². The van der Waals surface area contributed by atoms with Gasteiger partial charge in [-0.05, 0) is 23.8 Å². The number of amides is 1. The summed E-state index contributed by atoms with van der Waals surface area (Å²) in [7, 11) is 1.39. The second-order valence-electron chi connectivity index (χ2n) is 4.13. The highest BCUT2D eigenvalue weighted by Gasteiger charge is 2.18. The zero-order chi connectivity index (χ0) is 14.5. The minimum atomic E-state index is -0.632. The lowest BCUT2D eigenvalue weighted by atomic mass is 10.1. The molecule has 0 unspecified atom stereocenters. The molecule has 4 nitrogen and oxygen atoms in total. The number of ether oxygens (including phenoxy) is 1. The van der Waals surface area contributed by atoms with Crippen LogP contribution in [0, 0.1) is 5.82 Å². The molecule has 0 spiro atoms. The normalized spacial score (nSPS) is 10.2. The molecule has 0 fully saturated rings. The van der Waals surface area contributed by atoms with Crippen LogP contribution in [0.15, 0.2) is 42.5 Å². The van der Waals surface area contributed by atoms with Gasteiger partial charge < -0.3 is 15.8 Å². The van der Waals surface area contributed by atoms with Crippen molar-refractivity contribution < 1.29 is 13.9 Å². The van der Waals surface area contributed by atoms with Gasteiger partial charge in [0.1, 0.15) is 17.1 Å². The Morgan fingerprint density at radius 1 is 1.25 bits per heavy atom. The van der Waals surface area contributed by atoms with Crippen molar-refractivity contribution >= 4 is 11.6 Å². The van der Waals surface area contributed by atoms with E-state index in [9.17, 15) is 9.18 Å². The molecule has 0 aromatic heterocycles. The summed E-state index contributed by atoms with van der Waals surface area (Å²) in [5.41, 5.74) is 6.81. The van der Waals surface area contributed by atoms with Crippen molar-refractivity contribution in [1.82, 2.24) is 0 Å². The number of halogens is 1. The molecule has 0 bridgehead atoms. The smallest absolute Gasteiger partial charge is 0.262 e. The monoisotopic (exact) mass is 274 g/mol. The molecule has 0 atom stereocenters. The highest BCUT2D eigenvalue weighted by atomic mass is 19.1. The van der Waals surface area contributed by atoms with Crippen LogP contribution < -0.4 is 15.8 Å². The van der Waals surface area contributed by atoms with E-state index in [1.807, 2.05) is 6.07 Å². The van der Waals surface area contributed by atoms with Crippen LogP contribution in [-0.4, -0.2) is 13.0 Å². The number of nitrogens with one attached hydrogen (secondary N) is 1. The number of carbonyl (C=O) groups is 1. The molecule has 0 aliphatic rings. The lowest BCUT2D eigenvalue weighted by Crippen LogP contribution is -2.16. The van der Waals surface area contributed by atoms with Crippen LogP contribution in [0.1, 0.15) is 15.9 Å². The number of methoxy groups -OCH3 is 1. The number of hydrogen-bond acceptors (Lipinski definition) is 3. The van der Waals surface area contributed by atoms with Crippen molar-refractivity contribution in [2.45, 2.75) is 6.54 Å². The highest BCUT2D eigenvalue weighted by molar-refractivity contribution is 6.06. The van der Waals surface area contributed by atoms with Crippen LogP contribution in [0.5, 0.6) is 5.75 Å². The van der Waals surface area contributed by atoms with E-state index in [0.717, 1.165) is 5.56 Å². The predicted octanol–water partition coefficient (Wildman–Crippen LogP) is 2.55. The van der Waals surface area contributed by atoms with Crippen LogP contribution in [0.25, 0.3) is 0 Å². The van der Waals surface area contributed by atoms with Crippen molar-refractivity contribution in [2.75, 3.05) is 12.4 Å². The first kappa shape index (κ1) is 14.0. The number of carbonyl (C=O) groups excluding carboxylic acids is 1. The summed E-state index contributed by atoms with van der Waals surface area (Å²) in [6, 6.07) is 11.3. The Morgan fingerprint density at radius 3 is 2.70 bits per heavy atom. The molecule has 1 amide bonds. The zero-order valence-corrected chi connectivity index (χ0v) is 11.0. The number of hydrogen-bond donors (Lipinski definition) is 2. The van der Waals surface area contributed by atoms with Crippen LogP contribution in [0.4, 0.5) is 10.1 Å². The molecule has 104 valence electrons. The second kappa shape index (κ2) is 6.16. The summed E-state index contributed by atoms with van der Waals surface area (Å²) >= 11 is 0. The minimum absolute atomic E-state index is 0.123. The Balaban J connectivity index is 2.33. The third-order valence-electron chi connectivity index (χ3n) is 2.91. The van der Waals surface area contributed by atoms with Crippen LogP contribution >= 0.6 is 0 Å². The van der Waals surface area contributed by atoms with E-state index in [1.165, 1.54) is 25.3 Å². The summed E-state index contributed by atoms with van der Waals surface area (Å²) in [4.78, 5) is 12.2. The third-order valence-corrected chi connectivity index (χ3v) is 2.91. The molecule has 3 N–H and O–H groups in total. The van der Waals surface area contributed by atoms with Gasteiger partial charge in [-0.15, -0.1) is 0 Å². The molecule has 0 saturated heterocycles. The van der Waals surface area contributed by atoms with Crippen molar-refractivity contribution in [2.24, 2.45) is 5.73 Å². The van der Waals surface area contributed by atoms with E-state index in [1.54, 1.807) is 18.2 Å². The molecule has 0 aliphatic heterocycles. The van der Waals surface area contributed by atoms with Gasteiger partial charge in [0.15, 0.2) is 0 Å². The number of nitrogens with two attached hydrogens (primary N) is 1. The Morgan fingerprint density at radius 2 is 2.00 bits per heavy atom. The highest BCUT2D eigenvalue weighted by Crippen LogP contribution is 2.23. The summed E-state index contributed by atoms with van der Waals surface area (Å²) in [5.74, 6) is -1.01. The molecule has 0 saturated carbocycles. The molecule has 0 aliphatic carbocycles. The van der Waals surface area contributed by atoms with Crippen molar-refractivity contribution in [1.29, 1.82) is 0 Å². The lowest BCUT2D eigenvalue weighted by molar-refractivity contribution is 0.102. The van der Waals surface area contributed by atoms with E-state index in [2.05, 4.69) is 5.32 Å². The van der Waals surface area contributed by atoms with E-state index < -0.39 is 11.7 Å². The Bertz CT molecular complexity index is 629. The zero-order valence-electron chi connectivity index (χ0n) is 11.0. The number of rotatable bonds is 4. The second-order valence-corrected chi connectivity index (χ2v) is 4.13. The topological polar surface area (TPSA) is 64.3 Å². The first-order valence-electron chi connectivity index (χ1n) is 6.09. The average molecular weight is 274 g/mol. The Kier molecular flexibility index (Phi) is 4.32. The van der Waals surface area contributed by atoms with Gasteiger partial charge in [-0.25, -0.2) is 4.39 Å². The quantitative estimate of drug-likeness (QED) is 0.900. The molecule has 2 aromatic rings. The number of anilines is 1. The standard InChI is InChI=1S/C15H15FN2O2/c1-20-13-8-4-6-11(16)14(13)15(19)18-12-7-3-2-5-10(12)9-17/h2-8H,9,17H2,1H3,(H,18,19). The molecular formula is C15H15FN2O2. The maximum atomic E-state index is 13.8. The van der Waals surface area contributed by atoms with Crippen LogP contribution in [0.2, 0.25) is 0 Å². The van der Waals surface area contributed by atoms with Gasteiger partial charge in [0.2, 0.25) is 0 Å². The van der Waals surface area contributed by atoms with Crippen molar-refractivity contribution in [3.05, 3.63) is 59.4 Å². The van der Waals surface area contributed by atoms with Crippen LogP contribution in [-0.2, 0) is 6.54 Å². The minimum Gasteiger partial charge on any atom is -0.496 e. The summed E-state index contributed by atoms with van der Waals surface area (Å²) in [5, 5.41) is 2.65. The summed E-state index contributed by atoms with van der Waals surface area (Å²) < 4.78 is 18.8. The number of para-hydroxylation sites is 1. The SMILES string of the molecule is COc1cccc(F)c1C(=O)Nc1ccccc1CN. The van der Waals surface area contributed by atoms with E-state index >= 15 is 0 Å². The van der Waals surface area contributed by atoms with E-state index in [-0.39, 0.29) is 17.9 Å². The fraction of sp³-hybridized carbons (Fsp3) is 0.133. The maximum absolute atomic E-state index is 13.8. The Hall–Kier alpha value is -2.40. The average Bonchev–Trinajstić information content (AvgIpc) is 2.47. The van der Waals surface area contributed by atoms with Crippen molar-refractivity contribution in [3.8, 4) is 5.75 Å². The Labute approximate surface area is 116 Å². The van der Waals surface area contributed by atoms with E-state index in [0.29, 0.717) is 5.69 Å². The molecule has 0 heterocycles. The molecule has 2 aromatic carbocycles. The first-order chi connectivity index (χ1) is 9.67. The van der Waals surface area contributed by atoms with Gasteiger partial charge in [-0.1, -0.05) is 24.3 Å². The van der Waals surface area contributed by atoms with E-state index in [4.69, 9.17) is 10.5 Å². The molecule has 2 rings (SSSR count). The first-order valence-corrected chi connectivity index (χ1v) is 6.09. The van der Waals surface area contributed by atoms with Gasteiger partial charge in [-0.3, -0.25) is 4.79 Å². The lowest BCUT2D eigenvalue weighted by Gasteiger charge is -2.12. The molecule has 5 heteroatoms. The van der Waals surface area contributed by atoms with Crippen LogP contribution in [0.3, 0.4) is 0 Å². The van der Waals surface area contributed by atoms with Gasteiger partial charge in [0, 0.05) is 12.2 Å². The molecule has 0 radical (unpaired) electrons. The third kappa shape index (κ3) is 2.78. The van der Waals surface area contributed by atoms with Gasteiger partial charge >= 0.3 is 0 Å². The fourth-order valence-corrected chi connectivity index (χ4v) is 1.90.